The summed E-state index contributed by atoms with van der Waals surface area (Å²) < 4.78 is 0. The molecule has 2 aromatic heterocycles. The number of hydrogen-bond acceptors (Lipinski definition) is 6. The number of amides is 3. The maximum atomic E-state index is 12.7. The van der Waals surface area contributed by atoms with Gasteiger partial charge >= 0.3 is 0 Å². The zero-order chi connectivity index (χ0) is 21.3. The van der Waals surface area contributed by atoms with Gasteiger partial charge in [0, 0.05) is 34.9 Å². The molecule has 1 unspecified atom stereocenters. The van der Waals surface area contributed by atoms with Gasteiger partial charge in [-0.15, -0.1) is 11.3 Å². The molecule has 0 aliphatic carbocycles. The highest BCUT2D eigenvalue weighted by Gasteiger charge is 2.38. The molecule has 3 heterocycles. The Morgan fingerprint density at radius 2 is 2.00 bits per heavy atom. The third-order valence-electron chi connectivity index (χ3n) is 5.10. The molecule has 0 spiro atoms. The molecule has 1 aliphatic rings. The molecule has 1 atom stereocenters. The standard InChI is InChI=1S/C22H20N4O3S/c1-3-13(2)26-21(28)17-7-6-14(9-18(17)22(26)29)19(27)24-11-16-12-30-20(25-16)15-5-4-8-23-10-15/h4-10,12-13H,3,11H2,1-2H3,(H,24,27). The average Bonchev–Trinajstić information content (AvgIpc) is 3.35. The van der Waals surface area contributed by atoms with Crippen molar-refractivity contribution >= 4 is 29.1 Å². The second-order valence-corrected chi connectivity index (χ2v) is 7.92. The number of nitrogens with zero attached hydrogens (tertiary/aromatic N) is 3. The Morgan fingerprint density at radius 3 is 2.73 bits per heavy atom. The van der Waals surface area contributed by atoms with Crippen LogP contribution in [0.4, 0.5) is 0 Å². The van der Waals surface area contributed by atoms with Gasteiger partial charge in [0.15, 0.2) is 0 Å². The summed E-state index contributed by atoms with van der Waals surface area (Å²) in [6, 6.07) is 8.21. The fourth-order valence-electron chi connectivity index (χ4n) is 3.27. The molecule has 152 valence electrons. The molecule has 3 amide bonds. The van der Waals surface area contributed by atoms with Crippen molar-refractivity contribution in [2.75, 3.05) is 0 Å². The van der Waals surface area contributed by atoms with E-state index in [0.717, 1.165) is 16.3 Å². The molecule has 4 rings (SSSR count). The van der Waals surface area contributed by atoms with E-state index in [1.165, 1.54) is 22.3 Å². The van der Waals surface area contributed by atoms with Crippen molar-refractivity contribution in [3.05, 3.63) is 70.5 Å². The Hall–Kier alpha value is -3.39. The Morgan fingerprint density at radius 1 is 1.20 bits per heavy atom. The number of rotatable bonds is 6. The molecule has 1 N–H and O–H groups in total. The van der Waals surface area contributed by atoms with Crippen molar-refractivity contribution in [2.45, 2.75) is 32.9 Å². The van der Waals surface area contributed by atoms with Crippen LogP contribution in [0, 0.1) is 0 Å². The minimum atomic E-state index is -0.348. The first-order valence-corrected chi connectivity index (χ1v) is 10.5. The lowest BCUT2D eigenvalue weighted by Crippen LogP contribution is -2.37. The van der Waals surface area contributed by atoms with E-state index in [9.17, 15) is 14.4 Å². The molecule has 0 fully saturated rings. The molecule has 8 heteroatoms. The molecule has 0 saturated carbocycles. The van der Waals surface area contributed by atoms with Crippen molar-refractivity contribution in [1.82, 2.24) is 20.2 Å². The first-order chi connectivity index (χ1) is 14.5. The minimum Gasteiger partial charge on any atom is -0.346 e. The summed E-state index contributed by atoms with van der Waals surface area (Å²) >= 11 is 1.48. The van der Waals surface area contributed by atoms with E-state index in [1.54, 1.807) is 24.5 Å². The van der Waals surface area contributed by atoms with Gasteiger partial charge in [-0.2, -0.15) is 0 Å². The summed E-state index contributed by atoms with van der Waals surface area (Å²) in [5.41, 5.74) is 2.62. The number of imide groups is 1. The second-order valence-electron chi connectivity index (χ2n) is 7.07. The molecule has 0 radical (unpaired) electrons. The normalized spacial score (nSPS) is 14.0. The van der Waals surface area contributed by atoms with Crippen LogP contribution in [-0.2, 0) is 6.54 Å². The summed E-state index contributed by atoms with van der Waals surface area (Å²) in [4.78, 5) is 47.6. The highest BCUT2D eigenvalue weighted by atomic mass is 32.1. The van der Waals surface area contributed by atoms with Crippen LogP contribution in [0.3, 0.4) is 0 Å². The van der Waals surface area contributed by atoms with Crippen LogP contribution < -0.4 is 5.32 Å². The largest absolute Gasteiger partial charge is 0.346 e. The zero-order valence-electron chi connectivity index (χ0n) is 16.6. The van der Waals surface area contributed by atoms with Gasteiger partial charge in [-0.1, -0.05) is 6.92 Å². The molecule has 0 bridgehead atoms. The molecule has 0 saturated heterocycles. The fraction of sp³-hybridized carbons (Fsp3) is 0.227. The molecular formula is C22H20N4O3S. The number of carbonyl (C=O) groups is 3. The first-order valence-electron chi connectivity index (χ1n) is 9.64. The summed E-state index contributed by atoms with van der Waals surface area (Å²) in [7, 11) is 0. The van der Waals surface area contributed by atoms with Crippen LogP contribution in [0.15, 0.2) is 48.1 Å². The second kappa shape index (κ2) is 8.16. The fourth-order valence-corrected chi connectivity index (χ4v) is 4.08. The number of aromatic nitrogens is 2. The topological polar surface area (TPSA) is 92.3 Å². The van der Waals surface area contributed by atoms with Crippen molar-refractivity contribution in [1.29, 1.82) is 0 Å². The van der Waals surface area contributed by atoms with E-state index in [2.05, 4.69) is 15.3 Å². The molecule has 1 aliphatic heterocycles. The lowest BCUT2D eigenvalue weighted by atomic mass is 10.1. The lowest BCUT2D eigenvalue weighted by Gasteiger charge is -2.20. The Balaban J connectivity index is 1.46. The van der Waals surface area contributed by atoms with Gasteiger partial charge in [0.25, 0.3) is 17.7 Å². The van der Waals surface area contributed by atoms with Gasteiger partial charge in [-0.25, -0.2) is 4.98 Å². The number of carbonyl (C=O) groups excluding carboxylic acids is 3. The van der Waals surface area contributed by atoms with Gasteiger partial charge in [0.1, 0.15) is 5.01 Å². The first kappa shape index (κ1) is 19.9. The Labute approximate surface area is 177 Å². The number of pyridine rings is 1. The predicted molar refractivity (Wildman–Crippen MR) is 113 cm³/mol. The number of nitrogens with one attached hydrogen (secondary N) is 1. The predicted octanol–water partition coefficient (Wildman–Crippen LogP) is 3.53. The Kier molecular flexibility index (Phi) is 5.41. The average molecular weight is 420 g/mol. The maximum absolute atomic E-state index is 12.7. The minimum absolute atomic E-state index is 0.187. The Bertz CT molecular complexity index is 1130. The van der Waals surface area contributed by atoms with Crippen molar-refractivity contribution in [3.63, 3.8) is 0 Å². The summed E-state index contributed by atoms with van der Waals surface area (Å²) in [6.07, 6.45) is 4.12. The van der Waals surface area contributed by atoms with E-state index in [0.29, 0.717) is 17.5 Å². The third-order valence-corrected chi connectivity index (χ3v) is 6.04. The quantitative estimate of drug-likeness (QED) is 0.616. The molecule has 1 aromatic carbocycles. The van der Waals surface area contributed by atoms with Gasteiger partial charge in [0.05, 0.1) is 23.4 Å². The summed E-state index contributed by atoms with van der Waals surface area (Å²) in [5.74, 6) is -0.975. The van der Waals surface area contributed by atoms with Crippen molar-refractivity contribution in [3.8, 4) is 10.6 Å². The molecule has 30 heavy (non-hydrogen) atoms. The van der Waals surface area contributed by atoms with Gasteiger partial charge in [0.2, 0.25) is 0 Å². The van der Waals surface area contributed by atoms with Crippen LogP contribution in [0.5, 0.6) is 0 Å². The summed E-state index contributed by atoms with van der Waals surface area (Å²) in [5, 5.41) is 5.54. The third kappa shape index (κ3) is 3.61. The smallest absolute Gasteiger partial charge is 0.261 e. The van der Waals surface area contributed by atoms with E-state index in [1.807, 2.05) is 31.4 Å². The van der Waals surface area contributed by atoms with E-state index >= 15 is 0 Å². The highest BCUT2D eigenvalue weighted by Crippen LogP contribution is 2.27. The number of benzene rings is 1. The molecular weight excluding hydrogens is 400 g/mol. The van der Waals surface area contributed by atoms with Gasteiger partial charge < -0.3 is 5.32 Å². The SMILES string of the molecule is CCC(C)N1C(=O)c2ccc(C(=O)NCc3csc(-c4cccnc4)n3)cc2C1=O. The maximum Gasteiger partial charge on any atom is 0.261 e. The van der Waals surface area contributed by atoms with Crippen LogP contribution in [0.2, 0.25) is 0 Å². The van der Waals surface area contributed by atoms with Crippen LogP contribution in [0.1, 0.15) is 57.0 Å². The van der Waals surface area contributed by atoms with Gasteiger partial charge in [-0.3, -0.25) is 24.3 Å². The highest BCUT2D eigenvalue weighted by molar-refractivity contribution is 7.13. The van der Waals surface area contributed by atoms with Gasteiger partial charge in [-0.05, 0) is 43.7 Å². The van der Waals surface area contributed by atoms with Crippen LogP contribution >= 0.6 is 11.3 Å². The van der Waals surface area contributed by atoms with E-state index < -0.39 is 0 Å². The van der Waals surface area contributed by atoms with Crippen LogP contribution in [-0.4, -0.2) is 38.6 Å². The molecule has 7 nitrogen and oxygen atoms in total. The van der Waals surface area contributed by atoms with Crippen LogP contribution in [0.25, 0.3) is 10.6 Å². The van der Waals surface area contributed by atoms with Crippen molar-refractivity contribution in [2.24, 2.45) is 0 Å². The summed E-state index contributed by atoms with van der Waals surface area (Å²) in [6.45, 7) is 4.02. The van der Waals surface area contributed by atoms with E-state index in [-0.39, 0.29) is 35.9 Å². The van der Waals surface area contributed by atoms with E-state index in [4.69, 9.17) is 0 Å². The molecule has 3 aromatic rings. The monoisotopic (exact) mass is 420 g/mol. The zero-order valence-corrected chi connectivity index (χ0v) is 17.4. The number of hydrogen-bond donors (Lipinski definition) is 1. The number of thiazole rings is 1. The lowest BCUT2D eigenvalue weighted by molar-refractivity contribution is 0.0593. The number of fused-ring (bicyclic) bond motifs is 1. The van der Waals surface area contributed by atoms with Crippen molar-refractivity contribution < 1.29 is 14.4 Å².